The number of hydrogen-bond donors (Lipinski definition) is 3. The molecule has 0 bridgehead atoms. The normalized spacial score (nSPS) is 12.3. The summed E-state index contributed by atoms with van der Waals surface area (Å²) in [6.07, 6.45) is 0. The maximum Gasteiger partial charge on any atom is 0.0528 e. The molecule has 0 heterocycles. The molecule has 0 aliphatic heterocycles. The number of benzene rings is 4. The van der Waals surface area contributed by atoms with Crippen molar-refractivity contribution in [1.29, 1.82) is 0 Å². The van der Waals surface area contributed by atoms with Gasteiger partial charge in [0.15, 0.2) is 0 Å². The maximum absolute atomic E-state index is 3.80. The first-order valence-corrected chi connectivity index (χ1v) is 16.6. The van der Waals surface area contributed by atoms with Gasteiger partial charge in [-0.05, 0) is 135 Å². The van der Waals surface area contributed by atoms with Crippen LogP contribution in [0.4, 0.5) is 34.1 Å². The van der Waals surface area contributed by atoms with Crippen molar-refractivity contribution in [2.45, 2.75) is 78.6 Å². The van der Waals surface area contributed by atoms with Crippen molar-refractivity contribution in [2.75, 3.05) is 16.0 Å². The minimum atomic E-state index is 0.0772. The van der Waals surface area contributed by atoms with Crippen molar-refractivity contribution in [3.05, 3.63) is 103 Å². The van der Waals surface area contributed by atoms with E-state index in [0.717, 1.165) is 47.5 Å². The van der Waals surface area contributed by atoms with E-state index < -0.39 is 0 Å². The Balaban J connectivity index is 1.71. The molecule has 222 valence electrons. The van der Waals surface area contributed by atoms with Gasteiger partial charge in [-0.2, -0.15) is 0 Å². The highest BCUT2D eigenvalue weighted by atomic mass is 79.9. The number of anilines is 6. The van der Waals surface area contributed by atoms with Gasteiger partial charge in [0, 0.05) is 30.5 Å². The zero-order valence-electron chi connectivity index (χ0n) is 26.1. The van der Waals surface area contributed by atoms with Gasteiger partial charge in [0.05, 0.1) is 17.1 Å². The molecule has 4 aromatic rings. The molecule has 0 amide bonds. The molecule has 0 aliphatic carbocycles. The monoisotopic (exact) mass is 753 g/mol. The van der Waals surface area contributed by atoms with Crippen molar-refractivity contribution >= 4 is 81.9 Å². The van der Waals surface area contributed by atoms with E-state index >= 15 is 0 Å². The van der Waals surface area contributed by atoms with Gasteiger partial charge < -0.3 is 16.0 Å². The summed E-state index contributed by atoms with van der Waals surface area (Å²) >= 11 is 11.4. The van der Waals surface area contributed by atoms with Crippen LogP contribution in [0.15, 0.2) is 86.2 Å². The second-order valence-corrected chi connectivity index (χ2v) is 16.6. The van der Waals surface area contributed by atoms with Crippen LogP contribution >= 0.6 is 47.8 Å². The molecule has 42 heavy (non-hydrogen) atoms. The van der Waals surface area contributed by atoms with Crippen LogP contribution in [0, 0.1) is 0 Å². The van der Waals surface area contributed by atoms with Crippen LogP contribution < -0.4 is 16.0 Å². The van der Waals surface area contributed by atoms with Gasteiger partial charge in [-0.3, -0.25) is 0 Å². The second kappa shape index (κ2) is 12.4. The van der Waals surface area contributed by atoms with E-state index in [1.807, 2.05) is 0 Å². The molecule has 4 rings (SSSR count). The molecule has 0 aromatic heterocycles. The molecule has 0 aliphatic rings. The van der Waals surface area contributed by atoms with Crippen molar-refractivity contribution < 1.29 is 0 Å². The highest BCUT2D eigenvalue weighted by Crippen LogP contribution is 2.38. The molecule has 0 saturated carbocycles. The van der Waals surface area contributed by atoms with Crippen LogP contribution in [0.3, 0.4) is 0 Å². The fourth-order valence-corrected chi connectivity index (χ4v) is 5.99. The zero-order valence-corrected chi connectivity index (χ0v) is 30.8. The van der Waals surface area contributed by atoms with Gasteiger partial charge in [0.25, 0.3) is 0 Å². The third-order valence-corrected chi connectivity index (χ3v) is 9.24. The van der Waals surface area contributed by atoms with E-state index in [2.05, 4.69) is 199 Å². The van der Waals surface area contributed by atoms with Crippen molar-refractivity contribution in [2.24, 2.45) is 0 Å². The topological polar surface area (TPSA) is 36.1 Å². The first-order chi connectivity index (χ1) is 19.4. The molecule has 6 heteroatoms. The summed E-state index contributed by atoms with van der Waals surface area (Å²) in [6.45, 7) is 20.1. The van der Waals surface area contributed by atoms with Gasteiger partial charge in [-0.25, -0.2) is 0 Å². The molecule has 4 aromatic carbocycles. The lowest BCUT2D eigenvalue weighted by molar-refractivity contribution is 0.589. The Morgan fingerprint density at radius 1 is 0.381 bits per heavy atom. The molecule has 0 radical (unpaired) electrons. The van der Waals surface area contributed by atoms with Crippen LogP contribution in [0.5, 0.6) is 0 Å². The Morgan fingerprint density at radius 3 is 0.810 bits per heavy atom. The SMILES string of the molecule is CC(C)(C)c1ccc(Nc2cc(Nc3ccc(C(C)(C)C)cc3Br)cc(Nc3ccc(C(C)(C)C)cc3Br)c2)c(Br)c1. The summed E-state index contributed by atoms with van der Waals surface area (Å²) in [5.41, 5.74) is 10.0. The lowest BCUT2D eigenvalue weighted by Gasteiger charge is -2.22. The van der Waals surface area contributed by atoms with Crippen LogP contribution in [0.2, 0.25) is 0 Å². The minimum Gasteiger partial charge on any atom is -0.354 e. The lowest BCUT2D eigenvalue weighted by atomic mass is 9.87. The predicted molar refractivity (Wildman–Crippen MR) is 195 cm³/mol. The highest BCUT2D eigenvalue weighted by Gasteiger charge is 2.18. The molecule has 0 atom stereocenters. The lowest BCUT2D eigenvalue weighted by Crippen LogP contribution is -2.11. The van der Waals surface area contributed by atoms with Crippen molar-refractivity contribution in [3.8, 4) is 0 Å². The molecule has 0 spiro atoms. The molecule has 0 fully saturated rings. The number of halogens is 3. The number of nitrogens with one attached hydrogen (secondary N) is 3. The Morgan fingerprint density at radius 2 is 0.619 bits per heavy atom. The molecule has 0 unspecified atom stereocenters. The van der Waals surface area contributed by atoms with Crippen LogP contribution in [0.1, 0.15) is 79.0 Å². The van der Waals surface area contributed by atoms with Crippen LogP contribution in [0.25, 0.3) is 0 Å². The minimum absolute atomic E-state index is 0.0772. The summed E-state index contributed by atoms with van der Waals surface area (Å²) in [6, 6.07) is 26.0. The largest absolute Gasteiger partial charge is 0.354 e. The van der Waals surface area contributed by atoms with Gasteiger partial charge in [0.1, 0.15) is 0 Å². The summed E-state index contributed by atoms with van der Waals surface area (Å²) in [5.74, 6) is 0. The second-order valence-electron chi connectivity index (χ2n) is 14.0. The van der Waals surface area contributed by atoms with E-state index in [0.29, 0.717) is 0 Å². The Hall–Kier alpha value is -2.28. The fraction of sp³-hybridized carbons (Fsp3) is 0.333. The fourth-order valence-electron chi connectivity index (χ4n) is 4.56. The van der Waals surface area contributed by atoms with Gasteiger partial charge >= 0.3 is 0 Å². The molecule has 3 nitrogen and oxygen atoms in total. The summed E-state index contributed by atoms with van der Waals surface area (Å²) in [5, 5.41) is 10.9. The van der Waals surface area contributed by atoms with E-state index in [9.17, 15) is 0 Å². The maximum atomic E-state index is 3.80. The average Bonchev–Trinajstić information content (AvgIpc) is 2.86. The highest BCUT2D eigenvalue weighted by molar-refractivity contribution is 9.11. The number of rotatable bonds is 6. The Kier molecular flexibility index (Phi) is 9.61. The molecular formula is C36H42Br3N3. The standard InChI is InChI=1S/C36H42Br3N3/c1-34(2,3)22-10-13-31(28(37)16-22)40-25-19-26(41-32-14-11-23(17-29(32)38)35(4,5)6)21-27(20-25)42-33-15-12-24(18-30(33)39)36(7,8)9/h10-21,40-42H,1-9H3. The van der Waals surface area contributed by atoms with E-state index in [1.165, 1.54) is 16.7 Å². The number of hydrogen-bond acceptors (Lipinski definition) is 3. The molecule has 3 N–H and O–H groups in total. The van der Waals surface area contributed by atoms with Crippen molar-refractivity contribution in [3.63, 3.8) is 0 Å². The molecule has 0 saturated heterocycles. The predicted octanol–water partition coefficient (Wildman–Crippen LogP) is 13.1. The zero-order chi connectivity index (χ0) is 31.0. The van der Waals surface area contributed by atoms with Gasteiger partial charge in [-0.1, -0.05) is 80.5 Å². The van der Waals surface area contributed by atoms with E-state index in [1.54, 1.807) is 0 Å². The van der Waals surface area contributed by atoms with Gasteiger partial charge in [0.2, 0.25) is 0 Å². The van der Waals surface area contributed by atoms with Crippen LogP contribution in [-0.4, -0.2) is 0 Å². The third kappa shape index (κ3) is 8.21. The summed E-state index contributed by atoms with van der Waals surface area (Å²) in [4.78, 5) is 0. The van der Waals surface area contributed by atoms with Crippen molar-refractivity contribution in [1.82, 2.24) is 0 Å². The first kappa shape index (κ1) is 32.6. The summed E-state index contributed by atoms with van der Waals surface area (Å²) in [7, 11) is 0. The van der Waals surface area contributed by atoms with E-state index in [-0.39, 0.29) is 16.2 Å². The molecular weight excluding hydrogens is 714 g/mol. The van der Waals surface area contributed by atoms with Crippen LogP contribution in [-0.2, 0) is 16.2 Å². The summed E-state index contributed by atoms with van der Waals surface area (Å²) < 4.78 is 3.09. The smallest absolute Gasteiger partial charge is 0.0528 e. The Bertz CT molecular complexity index is 1390. The average molecular weight is 756 g/mol. The Labute approximate surface area is 277 Å². The first-order valence-electron chi connectivity index (χ1n) is 14.3. The quantitative estimate of drug-likeness (QED) is 0.183. The third-order valence-electron chi connectivity index (χ3n) is 7.28. The van der Waals surface area contributed by atoms with Gasteiger partial charge in [-0.15, -0.1) is 0 Å². The van der Waals surface area contributed by atoms with E-state index in [4.69, 9.17) is 0 Å².